The molecule has 0 spiro atoms. The molecule has 3 aromatic carbocycles. The Balaban J connectivity index is 2.12. The molecule has 1 aromatic heterocycles. The molecule has 90 valence electrons. The Labute approximate surface area is 111 Å². The van der Waals surface area contributed by atoms with Crippen LogP contribution in [0.5, 0.6) is 0 Å². The van der Waals surface area contributed by atoms with E-state index in [1.165, 1.54) is 32.8 Å². The predicted octanol–water partition coefficient (Wildman–Crippen LogP) is 4.99. The van der Waals surface area contributed by atoms with Crippen LogP contribution in [-0.4, -0.2) is 4.98 Å². The van der Waals surface area contributed by atoms with Crippen molar-refractivity contribution in [3.63, 3.8) is 0 Å². The lowest BCUT2D eigenvalue weighted by Crippen LogP contribution is -1.82. The monoisotopic (exact) mass is 243 g/mol. The first kappa shape index (κ1) is 10.4. The van der Waals surface area contributed by atoms with Crippen LogP contribution < -0.4 is 0 Å². The van der Waals surface area contributed by atoms with Gasteiger partial charge < -0.3 is 4.98 Å². The lowest BCUT2D eigenvalue weighted by Gasteiger charge is -2.07. The number of rotatable bonds is 1. The molecule has 4 aromatic rings. The summed E-state index contributed by atoms with van der Waals surface area (Å²) in [6.45, 7) is 0. The molecule has 0 fully saturated rings. The van der Waals surface area contributed by atoms with Crippen molar-refractivity contribution in [2.45, 2.75) is 0 Å². The van der Waals surface area contributed by atoms with Crippen LogP contribution >= 0.6 is 0 Å². The van der Waals surface area contributed by atoms with Crippen LogP contribution in [0.1, 0.15) is 0 Å². The Morgan fingerprint density at radius 1 is 0.632 bits per heavy atom. The van der Waals surface area contributed by atoms with Gasteiger partial charge in [-0.2, -0.15) is 0 Å². The highest BCUT2D eigenvalue weighted by atomic mass is 14.7. The van der Waals surface area contributed by atoms with E-state index in [0.29, 0.717) is 0 Å². The molecule has 0 aliphatic rings. The topological polar surface area (TPSA) is 15.8 Å². The van der Waals surface area contributed by atoms with Crippen molar-refractivity contribution in [3.05, 3.63) is 72.9 Å². The van der Waals surface area contributed by atoms with Gasteiger partial charge in [-0.05, 0) is 45.8 Å². The quantitative estimate of drug-likeness (QED) is 0.453. The second kappa shape index (κ2) is 3.99. The first-order valence-corrected chi connectivity index (χ1v) is 6.47. The number of H-pyrrole nitrogens is 1. The van der Waals surface area contributed by atoms with Crippen molar-refractivity contribution in [2.24, 2.45) is 0 Å². The van der Waals surface area contributed by atoms with E-state index < -0.39 is 0 Å². The number of aromatic amines is 1. The van der Waals surface area contributed by atoms with E-state index in [1.54, 1.807) is 0 Å². The molecule has 1 nitrogen and oxygen atoms in total. The van der Waals surface area contributed by atoms with Crippen LogP contribution in [-0.2, 0) is 0 Å². The maximum atomic E-state index is 3.29. The zero-order valence-electron chi connectivity index (χ0n) is 10.4. The zero-order valence-corrected chi connectivity index (χ0v) is 10.4. The summed E-state index contributed by atoms with van der Waals surface area (Å²) in [6.07, 6.45) is 1.97. The number of hydrogen-bond acceptors (Lipinski definition) is 0. The average Bonchev–Trinajstić information content (AvgIpc) is 2.98. The zero-order chi connectivity index (χ0) is 12.7. The summed E-state index contributed by atoms with van der Waals surface area (Å²) in [4.78, 5) is 3.29. The summed E-state index contributed by atoms with van der Waals surface area (Å²) >= 11 is 0. The van der Waals surface area contributed by atoms with Crippen molar-refractivity contribution in [2.75, 3.05) is 0 Å². The number of nitrogens with one attached hydrogen (secondary N) is 1. The number of aromatic nitrogens is 1. The molecule has 1 heterocycles. The third-order valence-corrected chi connectivity index (χ3v) is 3.63. The normalized spacial score (nSPS) is 11.2. The van der Waals surface area contributed by atoms with Crippen LogP contribution in [0, 0.1) is 0 Å². The Kier molecular flexibility index (Phi) is 2.18. The van der Waals surface area contributed by atoms with Gasteiger partial charge in [0.05, 0.1) is 0 Å². The van der Waals surface area contributed by atoms with Crippen molar-refractivity contribution in [1.82, 2.24) is 4.98 Å². The smallest absolute Gasteiger partial charge is 0.0460 e. The summed E-state index contributed by atoms with van der Waals surface area (Å²) < 4.78 is 0. The first-order chi connectivity index (χ1) is 9.42. The summed E-state index contributed by atoms with van der Waals surface area (Å²) in [6, 6.07) is 23.7. The van der Waals surface area contributed by atoms with Crippen LogP contribution in [0.25, 0.3) is 32.8 Å². The van der Waals surface area contributed by atoms with E-state index in [-0.39, 0.29) is 0 Å². The van der Waals surface area contributed by atoms with E-state index in [0.717, 1.165) is 0 Å². The van der Waals surface area contributed by atoms with E-state index in [2.05, 4.69) is 65.6 Å². The van der Waals surface area contributed by atoms with E-state index >= 15 is 0 Å². The molecule has 0 saturated heterocycles. The van der Waals surface area contributed by atoms with Gasteiger partial charge in [0.15, 0.2) is 0 Å². The summed E-state index contributed by atoms with van der Waals surface area (Å²) in [5.41, 5.74) is 2.43. The maximum absolute atomic E-state index is 3.29. The minimum absolute atomic E-state index is 1.17. The fourth-order valence-corrected chi connectivity index (χ4v) is 2.70. The third kappa shape index (κ3) is 1.63. The van der Waals surface area contributed by atoms with E-state index in [9.17, 15) is 0 Å². The molecule has 0 atom stereocenters. The Hall–Kier alpha value is -2.54. The predicted molar refractivity (Wildman–Crippen MR) is 81.2 cm³/mol. The summed E-state index contributed by atoms with van der Waals surface area (Å²) in [5.74, 6) is 0. The lowest BCUT2D eigenvalue weighted by atomic mass is 9.98. The average molecular weight is 243 g/mol. The molecule has 0 radical (unpaired) electrons. The van der Waals surface area contributed by atoms with Gasteiger partial charge in [0, 0.05) is 17.5 Å². The van der Waals surface area contributed by atoms with Crippen molar-refractivity contribution < 1.29 is 0 Å². The van der Waals surface area contributed by atoms with E-state index in [4.69, 9.17) is 0 Å². The summed E-state index contributed by atoms with van der Waals surface area (Å²) in [7, 11) is 0. The van der Waals surface area contributed by atoms with Crippen LogP contribution in [0.3, 0.4) is 0 Å². The second-order valence-electron chi connectivity index (χ2n) is 4.81. The maximum Gasteiger partial charge on any atom is 0.0460 e. The number of hydrogen-bond donors (Lipinski definition) is 1. The van der Waals surface area contributed by atoms with Gasteiger partial charge in [0.25, 0.3) is 0 Å². The number of benzene rings is 3. The molecule has 0 saturated carbocycles. The molecule has 0 aliphatic heterocycles. The van der Waals surface area contributed by atoms with Gasteiger partial charge in [0.2, 0.25) is 0 Å². The van der Waals surface area contributed by atoms with Gasteiger partial charge in [-0.15, -0.1) is 0 Å². The van der Waals surface area contributed by atoms with Gasteiger partial charge >= 0.3 is 0 Å². The first-order valence-electron chi connectivity index (χ1n) is 6.47. The van der Waals surface area contributed by atoms with Crippen molar-refractivity contribution in [1.29, 1.82) is 0 Å². The molecule has 4 rings (SSSR count). The molecule has 0 amide bonds. The Morgan fingerprint density at radius 2 is 1.42 bits per heavy atom. The highest BCUT2D eigenvalue weighted by Gasteiger charge is 2.05. The van der Waals surface area contributed by atoms with Gasteiger partial charge in [0.1, 0.15) is 0 Å². The van der Waals surface area contributed by atoms with Gasteiger partial charge in [-0.25, -0.2) is 0 Å². The molecule has 0 bridgehead atoms. The summed E-state index contributed by atoms with van der Waals surface area (Å²) in [5, 5.41) is 5.15. The van der Waals surface area contributed by atoms with E-state index in [1.807, 2.05) is 12.3 Å². The van der Waals surface area contributed by atoms with Gasteiger partial charge in [-0.3, -0.25) is 0 Å². The number of fused-ring (bicyclic) bond motifs is 2. The van der Waals surface area contributed by atoms with Crippen LogP contribution in [0.4, 0.5) is 0 Å². The molecule has 0 unspecified atom stereocenters. The highest BCUT2D eigenvalue weighted by Crippen LogP contribution is 2.30. The standard InChI is InChI=1S/C18H13N/c1-2-6-14-12-17-15(11-13(14)5-1)7-3-8-16(17)18-9-4-10-19-18/h1-12,19H. The van der Waals surface area contributed by atoms with Gasteiger partial charge in [-0.1, -0.05) is 42.5 Å². The second-order valence-corrected chi connectivity index (χ2v) is 4.81. The fourth-order valence-electron chi connectivity index (χ4n) is 2.70. The molecule has 0 aliphatic carbocycles. The Bertz CT molecular complexity index is 857. The largest absolute Gasteiger partial charge is 0.361 e. The highest BCUT2D eigenvalue weighted by molar-refractivity contribution is 6.04. The van der Waals surface area contributed by atoms with Crippen molar-refractivity contribution >= 4 is 21.5 Å². The molecule has 1 N–H and O–H groups in total. The third-order valence-electron chi connectivity index (χ3n) is 3.63. The molecule has 1 heteroatoms. The minimum Gasteiger partial charge on any atom is -0.361 e. The van der Waals surface area contributed by atoms with Crippen molar-refractivity contribution in [3.8, 4) is 11.3 Å². The van der Waals surface area contributed by atoms with Crippen LogP contribution in [0.2, 0.25) is 0 Å². The van der Waals surface area contributed by atoms with Crippen LogP contribution in [0.15, 0.2) is 72.9 Å². The molecule has 19 heavy (non-hydrogen) atoms. The lowest BCUT2D eigenvalue weighted by molar-refractivity contribution is 1.41. The fraction of sp³-hybridized carbons (Fsp3) is 0. The minimum atomic E-state index is 1.17. The molecular formula is C18H13N. The molecular weight excluding hydrogens is 230 g/mol. The Morgan fingerprint density at radius 3 is 2.21 bits per heavy atom. The SMILES string of the molecule is c1c[nH]c(-c2cccc3cc4ccccc4cc23)c1.